The zero-order valence-corrected chi connectivity index (χ0v) is 11.2. The van der Waals surface area contributed by atoms with Crippen LogP contribution in [0.5, 0.6) is 0 Å². The molecular formula is C13H11BrFNO2. The number of halogens is 2. The molecule has 0 saturated carbocycles. The third-order valence-electron chi connectivity index (χ3n) is 2.78. The standard InChI is InChI=1S/C13H11BrFNO2/c1-8(9-3-2-4-11(15)5-9)16-7-10(14)6-12(16)13(17)18/h2-8H,1H3,(H,17,18). The van der Waals surface area contributed by atoms with E-state index in [1.807, 2.05) is 6.92 Å². The van der Waals surface area contributed by atoms with Gasteiger partial charge in [0.25, 0.3) is 0 Å². The number of rotatable bonds is 3. The van der Waals surface area contributed by atoms with Crippen molar-refractivity contribution < 1.29 is 14.3 Å². The van der Waals surface area contributed by atoms with Crippen molar-refractivity contribution in [2.75, 3.05) is 0 Å². The minimum Gasteiger partial charge on any atom is -0.477 e. The Hall–Kier alpha value is -1.62. The summed E-state index contributed by atoms with van der Waals surface area (Å²) in [6.45, 7) is 1.83. The van der Waals surface area contributed by atoms with Gasteiger partial charge in [0.05, 0.1) is 6.04 Å². The first-order chi connectivity index (χ1) is 8.49. The summed E-state index contributed by atoms with van der Waals surface area (Å²) in [7, 11) is 0. The average Bonchev–Trinajstić information content (AvgIpc) is 2.70. The van der Waals surface area contributed by atoms with Gasteiger partial charge in [-0.15, -0.1) is 0 Å². The largest absolute Gasteiger partial charge is 0.477 e. The molecule has 0 fully saturated rings. The van der Waals surface area contributed by atoms with Gasteiger partial charge in [-0.2, -0.15) is 0 Å². The van der Waals surface area contributed by atoms with Crippen LogP contribution in [0.4, 0.5) is 4.39 Å². The van der Waals surface area contributed by atoms with Crippen LogP contribution in [0, 0.1) is 5.82 Å². The van der Waals surface area contributed by atoms with E-state index >= 15 is 0 Å². The molecule has 0 aliphatic carbocycles. The molecule has 3 nitrogen and oxygen atoms in total. The van der Waals surface area contributed by atoms with Crippen molar-refractivity contribution in [1.82, 2.24) is 4.57 Å². The molecule has 2 rings (SSSR count). The molecule has 0 saturated heterocycles. The number of benzene rings is 1. The second-order valence-electron chi connectivity index (χ2n) is 3.99. The second-order valence-corrected chi connectivity index (χ2v) is 4.90. The molecule has 0 aliphatic rings. The van der Waals surface area contributed by atoms with E-state index in [4.69, 9.17) is 5.11 Å². The number of nitrogens with zero attached hydrogens (tertiary/aromatic N) is 1. The molecule has 1 aromatic carbocycles. The Bertz CT molecular complexity index is 594. The Morgan fingerprint density at radius 1 is 1.44 bits per heavy atom. The molecule has 0 radical (unpaired) electrons. The third-order valence-corrected chi connectivity index (χ3v) is 3.22. The van der Waals surface area contributed by atoms with Gasteiger partial charge in [-0.05, 0) is 46.6 Å². The maximum Gasteiger partial charge on any atom is 0.352 e. The molecular weight excluding hydrogens is 301 g/mol. The lowest BCUT2D eigenvalue weighted by molar-refractivity contribution is 0.0684. The average molecular weight is 312 g/mol. The van der Waals surface area contributed by atoms with Crippen molar-refractivity contribution in [3.63, 3.8) is 0 Å². The van der Waals surface area contributed by atoms with E-state index in [1.165, 1.54) is 18.2 Å². The quantitative estimate of drug-likeness (QED) is 0.939. The summed E-state index contributed by atoms with van der Waals surface area (Å²) in [5, 5.41) is 9.11. The number of carboxylic acid groups (broad SMARTS) is 1. The van der Waals surface area contributed by atoms with Crippen molar-refractivity contribution in [2.45, 2.75) is 13.0 Å². The second kappa shape index (κ2) is 4.94. The molecule has 1 heterocycles. The minimum atomic E-state index is -1.01. The molecule has 1 N–H and O–H groups in total. The third kappa shape index (κ3) is 2.46. The van der Waals surface area contributed by atoms with E-state index in [-0.39, 0.29) is 17.6 Å². The molecule has 2 aromatic rings. The van der Waals surface area contributed by atoms with Gasteiger partial charge in [0.1, 0.15) is 11.5 Å². The fourth-order valence-electron chi connectivity index (χ4n) is 1.86. The Labute approximate surface area is 112 Å². The van der Waals surface area contributed by atoms with Gasteiger partial charge < -0.3 is 9.67 Å². The van der Waals surface area contributed by atoms with Crippen LogP contribution in [0.1, 0.15) is 29.0 Å². The van der Waals surface area contributed by atoms with Crippen LogP contribution in [0.25, 0.3) is 0 Å². The Morgan fingerprint density at radius 3 is 2.78 bits per heavy atom. The lowest BCUT2D eigenvalue weighted by atomic mass is 10.1. The predicted octanol–water partition coefficient (Wildman–Crippen LogP) is 3.70. The molecule has 1 aromatic heterocycles. The highest BCUT2D eigenvalue weighted by Gasteiger charge is 2.17. The Balaban J connectivity index is 2.45. The van der Waals surface area contributed by atoms with Gasteiger partial charge in [0.2, 0.25) is 0 Å². The fourth-order valence-corrected chi connectivity index (χ4v) is 2.30. The zero-order chi connectivity index (χ0) is 13.3. The van der Waals surface area contributed by atoms with E-state index in [0.29, 0.717) is 4.47 Å². The first-order valence-electron chi connectivity index (χ1n) is 5.35. The van der Waals surface area contributed by atoms with Gasteiger partial charge in [-0.3, -0.25) is 0 Å². The summed E-state index contributed by atoms with van der Waals surface area (Å²) in [6, 6.07) is 7.42. The van der Waals surface area contributed by atoms with Gasteiger partial charge in [0.15, 0.2) is 0 Å². The Kier molecular flexibility index (Phi) is 3.52. The van der Waals surface area contributed by atoms with Crippen LogP contribution in [0.15, 0.2) is 41.0 Å². The SMILES string of the molecule is CC(c1cccc(F)c1)n1cc(Br)cc1C(=O)O. The number of carbonyl (C=O) groups is 1. The van der Waals surface area contributed by atoms with Crippen molar-refractivity contribution in [1.29, 1.82) is 0 Å². The van der Waals surface area contributed by atoms with Crippen molar-refractivity contribution >= 4 is 21.9 Å². The van der Waals surface area contributed by atoms with E-state index < -0.39 is 5.97 Å². The summed E-state index contributed by atoms with van der Waals surface area (Å²) in [6.07, 6.45) is 1.68. The van der Waals surface area contributed by atoms with Crippen molar-refractivity contribution in [3.8, 4) is 0 Å². The smallest absolute Gasteiger partial charge is 0.352 e. The van der Waals surface area contributed by atoms with Gasteiger partial charge >= 0.3 is 5.97 Å². The number of hydrogen-bond donors (Lipinski definition) is 1. The summed E-state index contributed by atoms with van der Waals surface area (Å²) >= 11 is 3.25. The normalized spacial score (nSPS) is 12.4. The molecule has 0 spiro atoms. The van der Waals surface area contributed by atoms with Crippen LogP contribution in [0.2, 0.25) is 0 Å². The van der Waals surface area contributed by atoms with Gasteiger partial charge in [-0.1, -0.05) is 12.1 Å². The summed E-state index contributed by atoms with van der Waals surface area (Å²) in [5.41, 5.74) is 0.888. The summed E-state index contributed by atoms with van der Waals surface area (Å²) in [5.74, 6) is -1.34. The van der Waals surface area contributed by atoms with Gasteiger partial charge in [-0.25, -0.2) is 9.18 Å². The highest BCUT2D eigenvalue weighted by atomic mass is 79.9. The lowest BCUT2D eigenvalue weighted by Crippen LogP contribution is -2.13. The molecule has 1 unspecified atom stereocenters. The van der Waals surface area contributed by atoms with Gasteiger partial charge in [0, 0.05) is 10.7 Å². The Morgan fingerprint density at radius 2 is 2.17 bits per heavy atom. The van der Waals surface area contributed by atoms with Crippen LogP contribution >= 0.6 is 15.9 Å². The number of aromatic nitrogens is 1. The molecule has 0 bridgehead atoms. The predicted molar refractivity (Wildman–Crippen MR) is 69.3 cm³/mol. The molecule has 0 amide bonds. The molecule has 94 valence electrons. The van der Waals surface area contributed by atoms with Crippen LogP contribution in [-0.2, 0) is 0 Å². The summed E-state index contributed by atoms with van der Waals surface area (Å²) in [4.78, 5) is 11.1. The van der Waals surface area contributed by atoms with Crippen LogP contribution in [0.3, 0.4) is 0 Å². The fraction of sp³-hybridized carbons (Fsp3) is 0.154. The van der Waals surface area contributed by atoms with Crippen LogP contribution < -0.4 is 0 Å². The first-order valence-corrected chi connectivity index (χ1v) is 6.14. The van der Waals surface area contributed by atoms with E-state index in [1.54, 1.807) is 22.9 Å². The molecule has 18 heavy (non-hydrogen) atoms. The maximum atomic E-state index is 13.2. The van der Waals surface area contributed by atoms with Crippen molar-refractivity contribution in [2.24, 2.45) is 0 Å². The number of carboxylic acids is 1. The lowest BCUT2D eigenvalue weighted by Gasteiger charge is -2.16. The number of hydrogen-bond acceptors (Lipinski definition) is 1. The topological polar surface area (TPSA) is 42.2 Å². The minimum absolute atomic E-state index is 0.165. The van der Waals surface area contributed by atoms with E-state index in [9.17, 15) is 9.18 Å². The van der Waals surface area contributed by atoms with E-state index in [0.717, 1.165) is 5.56 Å². The van der Waals surface area contributed by atoms with Crippen molar-refractivity contribution in [3.05, 3.63) is 58.1 Å². The monoisotopic (exact) mass is 311 g/mol. The highest BCUT2D eigenvalue weighted by molar-refractivity contribution is 9.10. The zero-order valence-electron chi connectivity index (χ0n) is 9.60. The summed E-state index contributed by atoms with van der Waals surface area (Å²) < 4.78 is 15.5. The maximum absolute atomic E-state index is 13.2. The molecule has 0 aliphatic heterocycles. The first kappa shape index (κ1) is 12.8. The molecule has 5 heteroatoms. The van der Waals surface area contributed by atoms with Crippen LogP contribution in [-0.4, -0.2) is 15.6 Å². The number of aromatic carboxylic acids is 1. The highest BCUT2D eigenvalue weighted by Crippen LogP contribution is 2.24. The molecule has 1 atom stereocenters. The van der Waals surface area contributed by atoms with E-state index in [2.05, 4.69) is 15.9 Å².